The molecule has 2 heterocycles. The van der Waals surface area contributed by atoms with E-state index in [1.54, 1.807) is 30.9 Å². The SMILES string of the molecule is CCCC(S)C(=S)NC1(C(=O)NC(Cc2ccc(-c3ccoc3)nc2)C(=O)O)CCCC1. The van der Waals surface area contributed by atoms with Gasteiger partial charge in [-0.25, -0.2) is 4.79 Å². The zero-order valence-electron chi connectivity index (χ0n) is 18.0. The largest absolute Gasteiger partial charge is 0.480 e. The molecular weight excluding hydrogens is 446 g/mol. The van der Waals surface area contributed by atoms with Crippen LogP contribution in [0.4, 0.5) is 0 Å². The van der Waals surface area contributed by atoms with Gasteiger partial charge in [0, 0.05) is 18.2 Å². The molecule has 172 valence electrons. The fraction of sp³-hybridized carbons (Fsp3) is 0.478. The highest BCUT2D eigenvalue weighted by atomic mass is 32.1. The number of aromatic nitrogens is 1. The molecule has 0 aromatic carbocycles. The lowest BCUT2D eigenvalue weighted by Gasteiger charge is -2.33. The molecule has 0 radical (unpaired) electrons. The third-order valence-electron chi connectivity index (χ3n) is 5.80. The molecule has 1 aliphatic rings. The van der Waals surface area contributed by atoms with E-state index in [2.05, 4.69) is 35.2 Å². The van der Waals surface area contributed by atoms with E-state index in [9.17, 15) is 14.7 Å². The lowest BCUT2D eigenvalue weighted by atomic mass is 9.94. The van der Waals surface area contributed by atoms with E-state index < -0.39 is 17.6 Å². The van der Waals surface area contributed by atoms with Crippen LogP contribution in [-0.2, 0) is 16.0 Å². The summed E-state index contributed by atoms with van der Waals surface area (Å²) in [5, 5.41) is 15.6. The first-order valence-corrected chi connectivity index (χ1v) is 11.8. The van der Waals surface area contributed by atoms with Crippen LogP contribution in [0.15, 0.2) is 41.3 Å². The van der Waals surface area contributed by atoms with Crippen LogP contribution in [0.2, 0.25) is 0 Å². The Labute approximate surface area is 198 Å². The van der Waals surface area contributed by atoms with Gasteiger partial charge in [-0.3, -0.25) is 9.78 Å². The number of rotatable bonds is 10. The average molecular weight is 476 g/mol. The van der Waals surface area contributed by atoms with E-state index in [0.29, 0.717) is 23.4 Å². The standard InChI is InChI=1S/C23H29N3O4S2/c1-2-5-19(31)20(32)26-23(9-3-4-10-23)22(29)25-18(21(27)28)12-15-6-7-17(24-13-15)16-8-11-30-14-16/h6-8,11,13-14,18-19,31H,2-5,9-10,12H2,1H3,(H,25,29)(H,26,32)(H,27,28). The molecule has 2 aromatic rings. The van der Waals surface area contributed by atoms with Crippen LogP contribution in [0.3, 0.4) is 0 Å². The molecule has 2 unspecified atom stereocenters. The maximum atomic E-state index is 13.3. The minimum Gasteiger partial charge on any atom is -0.480 e. The van der Waals surface area contributed by atoms with Crippen molar-refractivity contribution in [3.8, 4) is 11.3 Å². The van der Waals surface area contributed by atoms with Crippen molar-refractivity contribution in [2.75, 3.05) is 0 Å². The van der Waals surface area contributed by atoms with Crippen LogP contribution in [-0.4, -0.2) is 43.8 Å². The van der Waals surface area contributed by atoms with Gasteiger partial charge in [-0.1, -0.05) is 44.5 Å². The van der Waals surface area contributed by atoms with Gasteiger partial charge in [0.25, 0.3) is 0 Å². The molecule has 2 atom stereocenters. The Morgan fingerprint density at radius 3 is 2.62 bits per heavy atom. The number of aliphatic carboxylic acids is 1. The smallest absolute Gasteiger partial charge is 0.326 e. The molecule has 3 N–H and O–H groups in total. The Morgan fingerprint density at radius 1 is 1.31 bits per heavy atom. The number of carbonyl (C=O) groups is 2. The first-order chi connectivity index (χ1) is 15.3. The molecule has 0 aliphatic heterocycles. The van der Waals surface area contributed by atoms with Crippen molar-refractivity contribution in [1.82, 2.24) is 15.6 Å². The molecule has 32 heavy (non-hydrogen) atoms. The van der Waals surface area contributed by atoms with Gasteiger partial charge in [-0.2, -0.15) is 12.6 Å². The molecule has 2 aromatic heterocycles. The van der Waals surface area contributed by atoms with E-state index in [-0.39, 0.29) is 17.6 Å². The van der Waals surface area contributed by atoms with Crippen LogP contribution >= 0.6 is 24.8 Å². The zero-order chi connectivity index (χ0) is 23.1. The Balaban J connectivity index is 1.69. The summed E-state index contributed by atoms with van der Waals surface area (Å²) in [6.45, 7) is 2.05. The Kier molecular flexibility index (Phi) is 8.31. The third kappa shape index (κ3) is 5.89. The maximum Gasteiger partial charge on any atom is 0.326 e. The number of carboxylic acid groups (broad SMARTS) is 1. The first-order valence-electron chi connectivity index (χ1n) is 10.9. The predicted molar refractivity (Wildman–Crippen MR) is 130 cm³/mol. The molecule has 1 amide bonds. The summed E-state index contributed by atoms with van der Waals surface area (Å²) in [7, 11) is 0. The van der Waals surface area contributed by atoms with Crippen molar-refractivity contribution < 1.29 is 19.1 Å². The van der Waals surface area contributed by atoms with Gasteiger partial charge in [0.2, 0.25) is 5.91 Å². The topological polar surface area (TPSA) is 104 Å². The molecule has 3 rings (SSSR count). The van der Waals surface area contributed by atoms with Crippen molar-refractivity contribution in [3.63, 3.8) is 0 Å². The van der Waals surface area contributed by atoms with E-state index in [4.69, 9.17) is 16.6 Å². The first kappa shape index (κ1) is 24.3. The molecule has 0 saturated heterocycles. The van der Waals surface area contributed by atoms with Crippen molar-refractivity contribution in [3.05, 3.63) is 42.5 Å². The number of carbonyl (C=O) groups excluding carboxylic acids is 1. The minimum absolute atomic E-state index is 0.129. The summed E-state index contributed by atoms with van der Waals surface area (Å²) in [5.41, 5.74) is 1.40. The van der Waals surface area contributed by atoms with Gasteiger partial charge in [-0.05, 0) is 37.0 Å². The highest BCUT2D eigenvalue weighted by Gasteiger charge is 2.43. The number of pyridine rings is 1. The number of amides is 1. The summed E-state index contributed by atoms with van der Waals surface area (Å²) < 4.78 is 5.07. The van der Waals surface area contributed by atoms with E-state index in [0.717, 1.165) is 36.9 Å². The molecule has 0 spiro atoms. The van der Waals surface area contributed by atoms with Crippen LogP contribution in [0.5, 0.6) is 0 Å². The summed E-state index contributed by atoms with van der Waals surface area (Å²) >= 11 is 10.0. The number of thiol groups is 1. The molecule has 1 saturated carbocycles. The number of carboxylic acids is 1. The summed E-state index contributed by atoms with van der Waals surface area (Å²) in [6.07, 6.45) is 9.64. The minimum atomic E-state index is -1.09. The number of thiocarbonyl (C=S) groups is 1. The summed E-state index contributed by atoms with van der Waals surface area (Å²) in [6, 6.07) is 4.35. The summed E-state index contributed by atoms with van der Waals surface area (Å²) in [4.78, 5) is 30.1. The van der Waals surface area contributed by atoms with Gasteiger partial charge >= 0.3 is 5.97 Å². The Bertz CT molecular complexity index is 925. The molecule has 9 heteroatoms. The zero-order valence-corrected chi connectivity index (χ0v) is 19.8. The van der Waals surface area contributed by atoms with Crippen LogP contribution < -0.4 is 10.6 Å². The maximum absolute atomic E-state index is 13.3. The molecular formula is C23H29N3O4S2. The average Bonchev–Trinajstić information content (AvgIpc) is 3.47. The van der Waals surface area contributed by atoms with Crippen molar-refractivity contribution in [1.29, 1.82) is 0 Å². The van der Waals surface area contributed by atoms with Gasteiger partial charge < -0.3 is 20.2 Å². The second kappa shape index (κ2) is 11.0. The lowest BCUT2D eigenvalue weighted by molar-refractivity contribution is -0.142. The number of hydrogen-bond donors (Lipinski definition) is 4. The van der Waals surface area contributed by atoms with Crippen LogP contribution in [0.25, 0.3) is 11.3 Å². The monoisotopic (exact) mass is 475 g/mol. The van der Waals surface area contributed by atoms with E-state index in [1.807, 2.05) is 6.07 Å². The van der Waals surface area contributed by atoms with Gasteiger partial charge in [0.05, 0.1) is 28.5 Å². The number of hydrogen-bond acceptors (Lipinski definition) is 6. The Morgan fingerprint density at radius 2 is 2.06 bits per heavy atom. The predicted octanol–water partition coefficient (Wildman–Crippen LogP) is 3.78. The van der Waals surface area contributed by atoms with Gasteiger partial charge in [-0.15, -0.1) is 0 Å². The second-order valence-electron chi connectivity index (χ2n) is 8.22. The third-order valence-corrected chi connectivity index (χ3v) is 6.88. The summed E-state index contributed by atoms with van der Waals surface area (Å²) in [5.74, 6) is -1.42. The number of furan rings is 1. The highest BCUT2D eigenvalue weighted by molar-refractivity contribution is 7.86. The van der Waals surface area contributed by atoms with E-state index >= 15 is 0 Å². The quantitative estimate of drug-likeness (QED) is 0.306. The molecule has 7 nitrogen and oxygen atoms in total. The number of nitrogens with one attached hydrogen (secondary N) is 2. The highest BCUT2D eigenvalue weighted by Crippen LogP contribution is 2.31. The van der Waals surface area contributed by atoms with Crippen molar-refractivity contribution >= 4 is 41.7 Å². The van der Waals surface area contributed by atoms with Gasteiger partial charge in [0.15, 0.2) is 0 Å². The van der Waals surface area contributed by atoms with Crippen LogP contribution in [0.1, 0.15) is 51.0 Å². The fourth-order valence-corrected chi connectivity index (χ4v) is 4.61. The van der Waals surface area contributed by atoms with Crippen molar-refractivity contribution in [2.45, 2.75) is 68.7 Å². The van der Waals surface area contributed by atoms with E-state index in [1.165, 1.54) is 0 Å². The lowest BCUT2D eigenvalue weighted by Crippen LogP contribution is -2.60. The molecule has 1 fully saturated rings. The Hall–Kier alpha value is -2.39. The second-order valence-corrected chi connectivity index (χ2v) is 9.28. The van der Waals surface area contributed by atoms with Crippen molar-refractivity contribution in [2.24, 2.45) is 0 Å². The normalized spacial score (nSPS) is 16.8. The van der Waals surface area contributed by atoms with Crippen LogP contribution in [0, 0.1) is 0 Å². The fourth-order valence-electron chi connectivity index (χ4n) is 3.97. The molecule has 1 aliphatic carbocycles. The molecule has 0 bridgehead atoms. The van der Waals surface area contributed by atoms with Gasteiger partial charge in [0.1, 0.15) is 11.6 Å². The number of nitrogens with zero attached hydrogens (tertiary/aromatic N) is 1.